The van der Waals surface area contributed by atoms with Crippen molar-refractivity contribution in [2.75, 3.05) is 5.32 Å². The summed E-state index contributed by atoms with van der Waals surface area (Å²) in [7, 11) is 0. The number of rotatable bonds is 3. The van der Waals surface area contributed by atoms with Crippen LogP contribution in [0.4, 0.5) is 19.0 Å². The minimum Gasteiger partial charge on any atom is -0.305 e. The van der Waals surface area contributed by atoms with Gasteiger partial charge in [0.2, 0.25) is 0 Å². The number of benzene rings is 1. The lowest BCUT2D eigenvalue weighted by atomic mass is 10.1. The van der Waals surface area contributed by atoms with Gasteiger partial charge in [-0.05, 0) is 18.2 Å². The Morgan fingerprint density at radius 1 is 1.00 bits per heavy atom. The lowest BCUT2D eigenvalue weighted by Gasteiger charge is -2.10. The van der Waals surface area contributed by atoms with Crippen LogP contribution in [0.25, 0.3) is 16.9 Å². The van der Waals surface area contributed by atoms with E-state index in [1.807, 2.05) is 0 Å². The smallest absolute Gasteiger partial charge is 0.305 e. The maximum absolute atomic E-state index is 13.3. The highest BCUT2D eigenvalue weighted by Crippen LogP contribution is 2.36. The average Bonchev–Trinajstić information content (AvgIpc) is 3.12. The summed E-state index contributed by atoms with van der Waals surface area (Å²) in [5.41, 5.74) is -0.666. The average molecular weight is 383 g/mol. The molecular formula is C19H12F3N5O. The molecule has 0 atom stereocenters. The molecule has 1 N–H and O–H groups in total. The van der Waals surface area contributed by atoms with Crippen LogP contribution in [0.2, 0.25) is 0 Å². The fourth-order valence-electron chi connectivity index (χ4n) is 2.78. The molecule has 0 spiro atoms. The van der Waals surface area contributed by atoms with Crippen LogP contribution < -0.4 is 5.32 Å². The van der Waals surface area contributed by atoms with Crippen LogP contribution in [0.15, 0.2) is 67.3 Å². The first-order valence-corrected chi connectivity index (χ1v) is 8.16. The van der Waals surface area contributed by atoms with Crippen LogP contribution in [-0.2, 0) is 6.18 Å². The summed E-state index contributed by atoms with van der Waals surface area (Å²) < 4.78 is 41.4. The molecule has 0 bridgehead atoms. The second-order valence-corrected chi connectivity index (χ2v) is 5.85. The molecule has 0 unspecified atom stereocenters. The molecule has 0 aliphatic heterocycles. The van der Waals surface area contributed by atoms with Crippen LogP contribution in [0, 0.1) is 0 Å². The second kappa shape index (κ2) is 6.76. The molecule has 4 rings (SSSR count). The number of halogens is 3. The number of pyridine rings is 1. The zero-order valence-electron chi connectivity index (χ0n) is 14.2. The van der Waals surface area contributed by atoms with Gasteiger partial charge in [0.15, 0.2) is 11.3 Å². The number of carbonyl (C=O) groups excluding carboxylic acids is 1. The molecule has 0 aliphatic rings. The minimum absolute atomic E-state index is 0.0242. The minimum atomic E-state index is -4.52. The number of amides is 1. The second-order valence-electron chi connectivity index (χ2n) is 5.85. The van der Waals surface area contributed by atoms with Crippen molar-refractivity contribution >= 4 is 17.4 Å². The van der Waals surface area contributed by atoms with E-state index >= 15 is 0 Å². The number of imidazole rings is 1. The van der Waals surface area contributed by atoms with Crippen molar-refractivity contribution in [3.8, 4) is 11.3 Å². The quantitative estimate of drug-likeness (QED) is 0.579. The van der Waals surface area contributed by atoms with Crippen molar-refractivity contribution in [2.45, 2.75) is 6.18 Å². The Kier molecular flexibility index (Phi) is 4.26. The van der Waals surface area contributed by atoms with Crippen molar-refractivity contribution in [1.29, 1.82) is 0 Å². The molecule has 4 aromatic rings. The lowest BCUT2D eigenvalue weighted by Crippen LogP contribution is -2.15. The summed E-state index contributed by atoms with van der Waals surface area (Å²) in [6.07, 6.45) is 1.31. The van der Waals surface area contributed by atoms with Crippen molar-refractivity contribution in [1.82, 2.24) is 19.4 Å². The third-order valence-corrected chi connectivity index (χ3v) is 4.00. The summed E-state index contributed by atoms with van der Waals surface area (Å²) in [4.78, 5) is 24.8. The third kappa shape index (κ3) is 3.29. The van der Waals surface area contributed by atoms with E-state index in [0.717, 1.165) is 6.07 Å². The molecule has 140 valence electrons. The third-order valence-electron chi connectivity index (χ3n) is 4.00. The van der Waals surface area contributed by atoms with Crippen LogP contribution in [-0.4, -0.2) is 25.3 Å². The zero-order chi connectivity index (χ0) is 19.7. The van der Waals surface area contributed by atoms with Gasteiger partial charge >= 0.3 is 6.18 Å². The predicted molar refractivity (Wildman–Crippen MR) is 95.6 cm³/mol. The number of anilines is 1. The zero-order valence-corrected chi connectivity index (χ0v) is 14.2. The molecule has 3 heterocycles. The molecule has 0 aliphatic carbocycles. The van der Waals surface area contributed by atoms with Crippen LogP contribution in [0.3, 0.4) is 0 Å². The van der Waals surface area contributed by atoms with Gasteiger partial charge in [-0.25, -0.2) is 15.0 Å². The summed E-state index contributed by atoms with van der Waals surface area (Å²) in [6.45, 7) is 0. The van der Waals surface area contributed by atoms with Gasteiger partial charge in [-0.15, -0.1) is 0 Å². The first kappa shape index (κ1) is 17.7. The Balaban J connectivity index is 1.78. The summed E-state index contributed by atoms with van der Waals surface area (Å²) in [5, 5.41) is 2.59. The summed E-state index contributed by atoms with van der Waals surface area (Å²) >= 11 is 0. The molecule has 1 aromatic carbocycles. The molecule has 0 saturated heterocycles. The Bertz CT molecular complexity index is 1160. The Hall–Kier alpha value is -3.75. The maximum Gasteiger partial charge on any atom is 0.417 e. The highest BCUT2D eigenvalue weighted by Gasteiger charge is 2.34. The van der Waals surface area contributed by atoms with Crippen molar-refractivity contribution in [2.24, 2.45) is 0 Å². The van der Waals surface area contributed by atoms with Gasteiger partial charge in [-0.2, -0.15) is 13.2 Å². The molecule has 0 fully saturated rings. The first-order chi connectivity index (χ1) is 13.4. The standard InChI is InChI=1S/C19H12F3N5O/c20-19(21,22)13-6-2-1-5-12(13)14-11-27-10-9-24-16(17(27)25-14)18(28)26-15-7-3-4-8-23-15/h1-11H,(H,23,26,28). The number of fused-ring (bicyclic) bond motifs is 1. The fourth-order valence-corrected chi connectivity index (χ4v) is 2.78. The van der Waals surface area contributed by atoms with E-state index in [9.17, 15) is 18.0 Å². The Labute approximate surface area is 156 Å². The van der Waals surface area contributed by atoms with E-state index in [4.69, 9.17) is 0 Å². The molecule has 0 radical (unpaired) electrons. The maximum atomic E-state index is 13.3. The number of aromatic nitrogens is 4. The lowest BCUT2D eigenvalue weighted by molar-refractivity contribution is -0.137. The number of hydrogen-bond acceptors (Lipinski definition) is 4. The summed E-state index contributed by atoms with van der Waals surface area (Å²) in [6, 6.07) is 10.2. The molecule has 0 saturated carbocycles. The predicted octanol–water partition coefficient (Wildman–Crippen LogP) is 4.06. The molecule has 28 heavy (non-hydrogen) atoms. The Morgan fingerprint density at radius 3 is 2.54 bits per heavy atom. The molecule has 9 heteroatoms. The van der Waals surface area contributed by atoms with E-state index in [1.165, 1.54) is 47.4 Å². The van der Waals surface area contributed by atoms with Crippen LogP contribution in [0.5, 0.6) is 0 Å². The van der Waals surface area contributed by atoms with Gasteiger partial charge in [-0.3, -0.25) is 4.79 Å². The van der Waals surface area contributed by atoms with Crippen molar-refractivity contribution in [3.63, 3.8) is 0 Å². The topological polar surface area (TPSA) is 72.2 Å². The number of hydrogen-bond donors (Lipinski definition) is 1. The molecule has 1 amide bonds. The first-order valence-electron chi connectivity index (χ1n) is 8.16. The normalized spacial score (nSPS) is 11.5. The van der Waals surface area contributed by atoms with Gasteiger partial charge in [0.25, 0.3) is 5.91 Å². The van der Waals surface area contributed by atoms with Gasteiger partial charge in [0.05, 0.1) is 11.3 Å². The van der Waals surface area contributed by atoms with Crippen molar-refractivity contribution in [3.05, 3.63) is 78.5 Å². The highest BCUT2D eigenvalue weighted by atomic mass is 19.4. The Morgan fingerprint density at radius 2 is 1.79 bits per heavy atom. The van der Waals surface area contributed by atoms with E-state index in [1.54, 1.807) is 18.2 Å². The number of nitrogens with one attached hydrogen (secondary N) is 1. The number of alkyl halides is 3. The fraction of sp³-hybridized carbons (Fsp3) is 0.0526. The van der Waals surface area contributed by atoms with Gasteiger partial charge in [0, 0.05) is 30.4 Å². The monoisotopic (exact) mass is 383 g/mol. The van der Waals surface area contributed by atoms with Crippen LogP contribution >= 0.6 is 0 Å². The van der Waals surface area contributed by atoms with E-state index in [2.05, 4.69) is 20.3 Å². The van der Waals surface area contributed by atoms with Gasteiger partial charge in [0.1, 0.15) is 5.82 Å². The van der Waals surface area contributed by atoms with Crippen molar-refractivity contribution < 1.29 is 18.0 Å². The molecular weight excluding hydrogens is 371 g/mol. The van der Waals surface area contributed by atoms with E-state index in [-0.39, 0.29) is 22.6 Å². The molecule has 6 nitrogen and oxygen atoms in total. The highest BCUT2D eigenvalue weighted by molar-refractivity contribution is 6.06. The number of nitrogens with zero attached hydrogens (tertiary/aromatic N) is 4. The number of carbonyl (C=O) groups is 1. The largest absolute Gasteiger partial charge is 0.417 e. The van der Waals surface area contributed by atoms with E-state index in [0.29, 0.717) is 5.82 Å². The van der Waals surface area contributed by atoms with Gasteiger partial charge < -0.3 is 9.72 Å². The molecule has 3 aromatic heterocycles. The van der Waals surface area contributed by atoms with E-state index < -0.39 is 17.6 Å². The SMILES string of the molecule is O=C(Nc1ccccn1)c1nccn2cc(-c3ccccc3C(F)(F)F)nc12. The summed E-state index contributed by atoms with van der Waals surface area (Å²) in [5.74, 6) is -0.240. The van der Waals surface area contributed by atoms with Gasteiger partial charge in [-0.1, -0.05) is 24.3 Å². The van der Waals surface area contributed by atoms with Crippen LogP contribution in [0.1, 0.15) is 16.1 Å².